The van der Waals surface area contributed by atoms with Crippen LogP contribution in [0.4, 0.5) is 45.5 Å². The lowest BCUT2D eigenvalue weighted by molar-refractivity contribution is 0.281. The van der Waals surface area contributed by atoms with Crippen LogP contribution in [-0.2, 0) is 39.9 Å². The molecule has 13 rings (SSSR count). The minimum atomic E-state index is -0.350. The van der Waals surface area contributed by atoms with E-state index in [1.54, 1.807) is 0 Å². The van der Waals surface area contributed by atoms with Crippen LogP contribution < -0.4 is 31.1 Å². The second-order valence-corrected chi connectivity index (χ2v) is 27.7. The van der Waals surface area contributed by atoms with Crippen LogP contribution in [0.5, 0.6) is 0 Å². The molecule has 0 fully saturated rings. The number of fused-ring (bicyclic) bond motifs is 8. The van der Waals surface area contributed by atoms with Crippen molar-refractivity contribution < 1.29 is 0 Å². The first kappa shape index (κ1) is 50.9. The summed E-state index contributed by atoms with van der Waals surface area (Å²) >= 11 is 0. The van der Waals surface area contributed by atoms with Crippen LogP contribution in [0.3, 0.4) is 0 Å². The van der Waals surface area contributed by atoms with E-state index in [1.165, 1.54) is 112 Å². The van der Waals surface area contributed by atoms with Crippen molar-refractivity contribution in [3.8, 4) is 11.1 Å². The number of hydrogen-bond acceptors (Lipinski definition) is 3. The third-order valence-corrected chi connectivity index (χ3v) is 18.6. The van der Waals surface area contributed by atoms with Crippen molar-refractivity contribution in [2.75, 3.05) is 14.7 Å². The van der Waals surface area contributed by atoms with Crippen LogP contribution in [0.2, 0.25) is 0 Å². The van der Waals surface area contributed by atoms with Crippen LogP contribution in [0.15, 0.2) is 200 Å². The van der Waals surface area contributed by atoms with Gasteiger partial charge in [-0.25, -0.2) is 0 Å². The predicted octanol–water partition coefficient (Wildman–Crippen LogP) is 17.6. The van der Waals surface area contributed by atoms with Gasteiger partial charge < -0.3 is 14.7 Å². The third-order valence-electron chi connectivity index (χ3n) is 18.6. The highest BCUT2D eigenvalue weighted by molar-refractivity contribution is 7.00. The Morgan fingerprint density at radius 1 is 0.380 bits per heavy atom. The van der Waals surface area contributed by atoms with Crippen LogP contribution >= 0.6 is 0 Å². The molecule has 3 aliphatic heterocycles. The predicted molar refractivity (Wildman–Crippen MR) is 339 cm³/mol. The Hall–Kier alpha value is -7.56. The van der Waals surface area contributed by atoms with Crippen molar-refractivity contribution in [3.05, 3.63) is 245 Å². The van der Waals surface area contributed by atoms with Crippen molar-refractivity contribution in [1.29, 1.82) is 0 Å². The van der Waals surface area contributed by atoms with Gasteiger partial charge in [-0.15, -0.1) is 0 Å². The van der Waals surface area contributed by atoms with Crippen LogP contribution in [-0.4, -0.2) is 12.3 Å². The fourth-order valence-electron chi connectivity index (χ4n) is 14.3. The van der Waals surface area contributed by atoms with E-state index in [0.717, 1.165) is 18.5 Å². The van der Waals surface area contributed by atoms with Crippen molar-refractivity contribution in [2.24, 2.45) is 0 Å². The van der Waals surface area contributed by atoms with E-state index in [-0.39, 0.29) is 39.3 Å². The van der Waals surface area contributed by atoms with Gasteiger partial charge in [-0.05, 0) is 169 Å². The molecule has 1 aliphatic carbocycles. The maximum absolute atomic E-state index is 2.76. The van der Waals surface area contributed by atoms with E-state index in [1.807, 2.05) is 0 Å². The second-order valence-electron chi connectivity index (χ2n) is 27.7. The van der Waals surface area contributed by atoms with E-state index < -0.39 is 0 Å². The maximum Gasteiger partial charge on any atom is 0.252 e. The zero-order valence-electron chi connectivity index (χ0n) is 48.9. The number of rotatable bonds is 5. The number of anilines is 8. The minimum Gasteiger partial charge on any atom is -0.334 e. The quantitative estimate of drug-likeness (QED) is 0.159. The first-order valence-corrected chi connectivity index (χ1v) is 29.0. The summed E-state index contributed by atoms with van der Waals surface area (Å²) in [4.78, 5) is 8.06. The van der Waals surface area contributed by atoms with E-state index in [0.29, 0.717) is 0 Å². The molecule has 0 bridgehead atoms. The zero-order valence-corrected chi connectivity index (χ0v) is 48.9. The summed E-state index contributed by atoms with van der Waals surface area (Å²) in [6.45, 7) is 30.7. The zero-order chi connectivity index (χ0) is 55.2. The number of nitrogens with zero attached hydrogens (tertiary/aromatic N) is 3. The highest BCUT2D eigenvalue weighted by atomic mass is 15.3. The topological polar surface area (TPSA) is 9.72 Å². The lowest BCUT2D eigenvalue weighted by atomic mass is 9.33. The standard InChI is InChI=1S/C75H76BN3/c1-70(2,3)52-32-36-57(37-33-52)77-66-46-58(79-64-31-23-22-30-60(64)75(53-28-18-15-19-29-53)48-51-27-21-20-26-50(51)47-74(75,79)13)38-39-61(66)76-62-43-55(72(7,8)9)35-41-65(62)78(68-45-56(73(10,11)12)44-67(77)69(68)76)63-40-34-54(71(4,5)6)42-59(63)49-24-16-14-17-25-49/h14-46H,47-48H2,1-13H3. The minimum absolute atomic E-state index is 0.00164. The van der Waals surface area contributed by atoms with Gasteiger partial charge in [0.1, 0.15) is 0 Å². The van der Waals surface area contributed by atoms with E-state index in [4.69, 9.17) is 0 Å². The Bertz CT molecular complexity index is 3860. The summed E-state index contributed by atoms with van der Waals surface area (Å²) < 4.78 is 0. The van der Waals surface area contributed by atoms with Crippen molar-refractivity contribution in [1.82, 2.24) is 0 Å². The van der Waals surface area contributed by atoms with E-state index in [2.05, 4.69) is 305 Å². The SMILES string of the molecule is CC(C)(C)c1ccc(N2c3cc(N4c5ccccc5C5(c6ccccc6)Cc6ccccc6CC45C)ccc3B3c4cc(C(C)(C)C)ccc4N(c4ccc(C(C)(C)C)cc4-c4ccccc4)c4cc(C(C)(C)C)cc2c43)cc1. The highest BCUT2D eigenvalue weighted by Gasteiger charge is 2.62. The van der Waals surface area contributed by atoms with Gasteiger partial charge in [-0.3, -0.25) is 0 Å². The molecule has 2 atom stereocenters. The third kappa shape index (κ3) is 7.90. The molecular weight excluding hydrogens is 954 g/mol. The lowest BCUT2D eigenvalue weighted by Crippen LogP contribution is -2.62. The van der Waals surface area contributed by atoms with Crippen molar-refractivity contribution in [2.45, 2.75) is 135 Å². The van der Waals surface area contributed by atoms with Crippen LogP contribution in [0, 0.1) is 0 Å². The Morgan fingerprint density at radius 3 is 1.56 bits per heavy atom. The Morgan fingerprint density at radius 2 is 0.911 bits per heavy atom. The first-order valence-electron chi connectivity index (χ1n) is 29.0. The first-order chi connectivity index (χ1) is 37.6. The highest BCUT2D eigenvalue weighted by Crippen LogP contribution is 2.63. The molecule has 0 radical (unpaired) electrons. The van der Waals surface area contributed by atoms with Gasteiger partial charge in [0, 0.05) is 50.8 Å². The van der Waals surface area contributed by atoms with Gasteiger partial charge in [0.05, 0.1) is 11.2 Å². The molecule has 9 aromatic carbocycles. The van der Waals surface area contributed by atoms with Crippen LogP contribution in [0.25, 0.3) is 11.1 Å². The fourth-order valence-corrected chi connectivity index (χ4v) is 14.3. The average molecular weight is 1030 g/mol. The Kier molecular flexibility index (Phi) is 11.4. The van der Waals surface area contributed by atoms with Gasteiger partial charge in [-0.1, -0.05) is 223 Å². The summed E-state index contributed by atoms with van der Waals surface area (Å²) in [7, 11) is 0. The van der Waals surface area contributed by atoms with Crippen molar-refractivity contribution in [3.63, 3.8) is 0 Å². The number of benzene rings is 9. The number of hydrogen-bond donors (Lipinski definition) is 0. The molecule has 3 nitrogen and oxygen atoms in total. The molecule has 3 heterocycles. The maximum atomic E-state index is 2.76. The average Bonchev–Trinajstić information content (AvgIpc) is 2.55. The molecule has 0 amide bonds. The molecule has 4 aliphatic rings. The molecule has 0 saturated carbocycles. The molecule has 79 heavy (non-hydrogen) atoms. The molecule has 0 N–H and O–H groups in total. The summed E-state index contributed by atoms with van der Waals surface area (Å²) in [5, 5.41) is 0. The molecule has 0 spiro atoms. The van der Waals surface area contributed by atoms with Gasteiger partial charge in [0.15, 0.2) is 0 Å². The van der Waals surface area contributed by atoms with Gasteiger partial charge in [0.2, 0.25) is 0 Å². The van der Waals surface area contributed by atoms with Gasteiger partial charge >= 0.3 is 0 Å². The molecule has 9 aromatic rings. The van der Waals surface area contributed by atoms with Crippen LogP contribution in [0.1, 0.15) is 135 Å². The molecule has 4 heteroatoms. The molecular formula is C75H76BN3. The van der Waals surface area contributed by atoms with Crippen molar-refractivity contribution >= 4 is 68.6 Å². The summed E-state index contributed by atoms with van der Waals surface area (Å²) in [5.41, 5.74) is 26.2. The normalized spacial score (nSPS) is 18.3. The molecule has 2 unspecified atom stereocenters. The summed E-state index contributed by atoms with van der Waals surface area (Å²) in [6.07, 6.45) is 1.84. The largest absolute Gasteiger partial charge is 0.334 e. The van der Waals surface area contributed by atoms with Gasteiger partial charge in [-0.2, -0.15) is 0 Å². The second kappa shape index (κ2) is 17.7. The monoisotopic (exact) mass is 1030 g/mol. The molecule has 0 saturated heterocycles. The smallest absolute Gasteiger partial charge is 0.252 e. The Labute approximate surface area is 472 Å². The van der Waals surface area contributed by atoms with Gasteiger partial charge in [0.25, 0.3) is 6.71 Å². The lowest BCUT2D eigenvalue weighted by Gasteiger charge is -2.53. The number of para-hydroxylation sites is 1. The Balaban J connectivity index is 1.12. The summed E-state index contributed by atoms with van der Waals surface area (Å²) in [6, 6.07) is 78.0. The van der Waals surface area contributed by atoms with E-state index >= 15 is 0 Å². The molecule has 394 valence electrons. The van der Waals surface area contributed by atoms with E-state index in [9.17, 15) is 0 Å². The molecule has 0 aromatic heterocycles. The fraction of sp³-hybridized carbons (Fsp3) is 0.280. The summed E-state index contributed by atoms with van der Waals surface area (Å²) in [5.74, 6) is 0.